The van der Waals surface area contributed by atoms with Gasteiger partial charge < -0.3 is 15.6 Å². The maximum absolute atomic E-state index is 14.0. The lowest BCUT2D eigenvalue weighted by atomic mass is 9.88. The molecule has 2 aliphatic rings. The Morgan fingerprint density at radius 3 is 2.49 bits per heavy atom. The van der Waals surface area contributed by atoms with Crippen molar-refractivity contribution in [2.45, 2.75) is 50.1 Å². The molecule has 0 saturated carbocycles. The Labute approximate surface area is 232 Å². The van der Waals surface area contributed by atoms with Crippen LogP contribution < -0.4 is 21.2 Å². The lowest BCUT2D eigenvalue weighted by Crippen LogP contribution is -2.46. The number of hydrogen-bond acceptors (Lipinski definition) is 7. The van der Waals surface area contributed by atoms with E-state index in [2.05, 4.69) is 10.2 Å². The van der Waals surface area contributed by atoms with E-state index in [1.165, 1.54) is 6.21 Å². The third-order valence-electron chi connectivity index (χ3n) is 7.31. The predicted molar refractivity (Wildman–Crippen MR) is 139 cm³/mol. The van der Waals surface area contributed by atoms with Crippen LogP contribution in [0.2, 0.25) is 0 Å². The fourth-order valence-corrected chi connectivity index (χ4v) is 5.90. The predicted octanol–water partition coefficient (Wildman–Crippen LogP) is 3.96. The number of nitrogens with two attached hydrogens (primary N) is 1. The minimum Gasteiger partial charge on any atom is -0.493 e. The Morgan fingerprint density at radius 2 is 1.80 bits per heavy atom. The summed E-state index contributed by atoms with van der Waals surface area (Å²) in [6.07, 6.45) is -7.68. The highest BCUT2D eigenvalue weighted by Crippen LogP contribution is 2.39. The van der Waals surface area contributed by atoms with Crippen molar-refractivity contribution in [1.29, 1.82) is 0 Å². The van der Waals surface area contributed by atoms with E-state index in [1.807, 2.05) is 0 Å². The molecule has 3 heterocycles. The number of ether oxygens (including phenoxy) is 1. The van der Waals surface area contributed by atoms with E-state index < -0.39 is 51.8 Å². The zero-order chi connectivity index (χ0) is 29.6. The van der Waals surface area contributed by atoms with Crippen molar-refractivity contribution in [3.63, 3.8) is 0 Å². The lowest BCUT2D eigenvalue weighted by Gasteiger charge is -2.33. The molecule has 7 nitrogen and oxygen atoms in total. The molecule has 1 saturated heterocycles. The van der Waals surface area contributed by atoms with Crippen LogP contribution in [0, 0.1) is 0 Å². The van der Waals surface area contributed by atoms with Crippen molar-refractivity contribution >= 4 is 23.1 Å². The molecule has 2 aliphatic heterocycles. The van der Waals surface area contributed by atoms with E-state index in [1.54, 1.807) is 18.2 Å². The number of aromatic hydroxyl groups is 1. The Kier molecular flexibility index (Phi) is 7.59. The highest BCUT2D eigenvalue weighted by molar-refractivity contribution is 7.10. The first-order valence-corrected chi connectivity index (χ1v) is 13.4. The molecule has 1 fully saturated rings. The summed E-state index contributed by atoms with van der Waals surface area (Å²) in [5.41, 5.74) is 3.16. The molecule has 0 bridgehead atoms. The summed E-state index contributed by atoms with van der Waals surface area (Å²) in [5.74, 6) is -0.454. The molecule has 41 heavy (non-hydrogen) atoms. The zero-order valence-electron chi connectivity index (χ0n) is 21.3. The number of thiazole rings is 1. The summed E-state index contributed by atoms with van der Waals surface area (Å²) in [4.78, 5) is 12.5. The fourth-order valence-electron chi connectivity index (χ4n) is 4.92. The molecule has 0 spiro atoms. The van der Waals surface area contributed by atoms with Crippen LogP contribution in [0.1, 0.15) is 46.4 Å². The topological polar surface area (TPSA) is 102 Å². The molecule has 3 aromatic rings. The van der Waals surface area contributed by atoms with Crippen molar-refractivity contribution in [2.75, 3.05) is 13.2 Å². The fraction of sp³-hybridized carbons (Fsp3) is 0.370. The Bertz CT molecular complexity index is 1680. The number of fused-ring (bicyclic) bond motifs is 1. The first-order chi connectivity index (χ1) is 19.2. The van der Waals surface area contributed by atoms with Gasteiger partial charge in [-0.05, 0) is 59.9 Å². The number of hydrogen-bond donors (Lipinski definition) is 2. The molecule has 0 unspecified atom stereocenters. The monoisotopic (exact) mass is 598 g/mol. The quantitative estimate of drug-likeness (QED) is 0.420. The summed E-state index contributed by atoms with van der Waals surface area (Å²) < 4.78 is 88.2. The summed E-state index contributed by atoms with van der Waals surface area (Å²) >= 11 is 0.639. The van der Waals surface area contributed by atoms with E-state index >= 15 is 0 Å². The summed E-state index contributed by atoms with van der Waals surface area (Å²) in [5, 5.41) is 19.8. The van der Waals surface area contributed by atoms with Crippen molar-refractivity contribution < 1.29 is 36.2 Å². The molecule has 3 N–H and O–H groups in total. The highest BCUT2D eigenvalue weighted by atomic mass is 32.1. The standard InChI is InChI=1S/C27H24F6N4O3S/c28-26(29,30)18-3-1-16(20(13-18)27(31,32)33)12-19(15-2-4-21-17(11-15)14-35-36-21)22-23(38)37(24(39)41-22)8-5-25(34)6-9-40-10-7-25/h1-4,11,13-14,38H,5-10,12,34H2. The number of halogens is 6. The molecule has 2 aromatic carbocycles. The minimum absolute atomic E-state index is 0.00731. The largest absolute Gasteiger partial charge is 0.493 e. The first kappa shape index (κ1) is 29.0. The van der Waals surface area contributed by atoms with E-state index in [9.17, 15) is 36.2 Å². The van der Waals surface area contributed by atoms with Gasteiger partial charge >= 0.3 is 17.2 Å². The summed E-state index contributed by atoms with van der Waals surface area (Å²) in [6.45, 7) is 0.994. The summed E-state index contributed by atoms with van der Waals surface area (Å²) in [7, 11) is 0. The smallest absolute Gasteiger partial charge is 0.416 e. The van der Waals surface area contributed by atoms with Crippen molar-refractivity contribution in [3.05, 3.63) is 83.8 Å². The van der Waals surface area contributed by atoms with E-state index in [0.29, 0.717) is 66.0 Å². The van der Waals surface area contributed by atoms with Crippen LogP contribution in [0.4, 0.5) is 26.3 Å². The van der Waals surface area contributed by atoms with Crippen LogP contribution in [-0.2, 0) is 30.1 Å². The Hall–Kier alpha value is -3.49. The van der Waals surface area contributed by atoms with Crippen LogP contribution in [0.3, 0.4) is 0 Å². The van der Waals surface area contributed by atoms with Gasteiger partial charge in [0.05, 0.1) is 27.6 Å². The van der Waals surface area contributed by atoms with Gasteiger partial charge in [0.1, 0.15) is 0 Å². The Balaban J connectivity index is 1.63. The average Bonchev–Trinajstić information content (AvgIpc) is 3.48. The van der Waals surface area contributed by atoms with Crippen LogP contribution in [-0.4, -0.2) is 34.6 Å². The molecular weight excluding hydrogens is 574 g/mol. The third kappa shape index (κ3) is 6.09. The SMILES string of the molecule is NC1(CCn2c(O)c(C(Cc3ccc(C(F)(F)F)cc3C(F)(F)F)=c3ccc4c(c3)C=NN=4)sc2=O)CCOCC1. The second kappa shape index (κ2) is 10.7. The third-order valence-corrected chi connectivity index (χ3v) is 8.34. The first-order valence-electron chi connectivity index (χ1n) is 12.6. The van der Waals surface area contributed by atoms with Gasteiger partial charge in [0, 0.05) is 37.3 Å². The lowest BCUT2D eigenvalue weighted by molar-refractivity contribution is -0.143. The van der Waals surface area contributed by atoms with Crippen LogP contribution >= 0.6 is 11.3 Å². The van der Waals surface area contributed by atoms with Crippen LogP contribution in [0.15, 0.2) is 51.4 Å². The average molecular weight is 599 g/mol. The maximum atomic E-state index is 14.0. The summed E-state index contributed by atoms with van der Waals surface area (Å²) in [6, 6.07) is 6.15. The molecule has 0 amide bonds. The van der Waals surface area contributed by atoms with Crippen LogP contribution in [0.25, 0.3) is 5.57 Å². The highest BCUT2D eigenvalue weighted by Gasteiger charge is 2.38. The van der Waals surface area contributed by atoms with Gasteiger partial charge in [0.2, 0.25) is 5.88 Å². The molecule has 14 heteroatoms. The van der Waals surface area contributed by atoms with Crippen molar-refractivity contribution in [3.8, 4) is 5.88 Å². The van der Waals surface area contributed by atoms with Gasteiger partial charge in [0.15, 0.2) is 0 Å². The minimum atomic E-state index is -5.09. The van der Waals surface area contributed by atoms with Gasteiger partial charge in [-0.1, -0.05) is 23.5 Å². The molecule has 218 valence electrons. The molecule has 0 radical (unpaired) electrons. The molecule has 0 atom stereocenters. The number of benzene rings is 2. The van der Waals surface area contributed by atoms with Gasteiger partial charge in [-0.3, -0.25) is 9.36 Å². The molecular formula is C27H24F6N4O3S. The van der Waals surface area contributed by atoms with Gasteiger partial charge in [-0.2, -0.15) is 36.5 Å². The van der Waals surface area contributed by atoms with E-state index in [4.69, 9.17) is 10.5 Å². The second-order valence-corrected chi connectivity index (χ2v) is 11.0. The van der Waals surface area contributed by atoms with Crippen LogP contribution in [0.5, 0.6) is 5.88 Å². The van der Waals surface area contributed by atoms with Gasteiger partial charge in [0.25, 0.3) is 0 Å². The number of alkyl halides is 6. The second-order valence-electron chi connectivity index (χ2n) is 10.0. The van der Waals surface area contributed by atoms with Crippen molar-refractivity contribution in [2.24, 2.45) is 15.9 Å². The van der Waals surface area contributed by atoms with E-state index in [0.717, 1.165) is 10.6 Å². The van der Waals surface area contributed by atoms with Gasteiger partial charge in [-0.25, -0.2) is 0 Å². The number of aromatic nitrogens is 1. The molecule has 1 aromatic heterocycles. The van der Waals surface area contributed by atoms with Gasteiger partial charge in [-0.15, -0.1) is 0 Å². The normalized spacial score (nSPS) is 17.3. The zero-order valence-corrected chi connectivity index (χ0v) is 22.2. The van der Waals surface area contributed by atoms with Crippen molar-refractivity contribution in [1.82, 2.24) is 4.57 Å². The molecule has 5 rings (SSSR count). The number of rotatable bonds is 6. The maximum Gasteiger partial charge on any atom is 0.416 e. The molecule has 0 aliphatic carbocycles. The Morgan fingerprint density at radius 1 is 1.07 bits per heavy atom. The number of nitrogens with zero attached hydrogens (tertiary/aromatic N) is 3. The van der Waals surface area contributed by atoms with E-state index in [-0.39, 0.29) is 23.1 Å².